The summed E-state index contributed by atoms with van der Waals surface area (Å²) in [7, 11) is -3.54. The van der Waals surface area contributed by atoms with E-state index in [0.29, 0.717) is 10.6 Å². The van der Waals surface area contributed by atoms with Crippen molar-refractivity contribution in [3.05, 3.63) is 52.5 Å². The van der Waals surface area contributed by atoms with Gasteiger partial charge in [-0.1, -0.05) is 15.9 Å². The largest absolute Gasteiger partial charge is 0.384 e. The molecule has 2 aromatic carbocycles. The van der Waals surface area contributed by atoms with E-state index in [2.05, 4.69) is 26.0 Å². The Bertz CT molecular complexity index is 742. The minimum Gasteiger partial charge on any atom is -0.384 e. The van der Waals surface area contributed by atoms with Gasteiger partial charge in [-0.15, -0.1) is 0 Å². The number of sulfonamides is 1. The number of fused-ring (bicyclic) bond motifs is 1. The molecule has 0 amide bonds. The zero-order chi connectivity index (χ0) is 14.2. The zero-order valence-electron chi connectivity index (χ0n) is 10.6. The summed E-state index contributed by atoms with van der Waals surface area (Å²) < 4.78 is 28.2. The lowest BCUT2D eigenvalue weighted by atomic mass is 10.2. The molecule has 0 unspecified atom stereocenters. The molecular weight excluding hydrogens is 340 g/mol. The van der Waals surface area contributed by atoms with Crippen LogP contribution >= 0.6 is 15.9 Å². The molecule has 0 spiro atoms. The van der Waals surface area contributed by atoms with Crippen molar-refractivity contribution < 1.29 is 8.42 Å². The monoisotopic (exact) mass is 352 g/mol. The van der Waals surface area contributed by atoms with Crippen LogP contribution in [-0.2, 0) is 16.4 Å². The van der Waals surface area contributed by atoms with E-state index in [1.54, 1.807) is 36.4 Å². The van der Waals surface area contributed by atoms with E-state index < -0.39 is 10.0 Å². The molecule has 6 heteroatoms. The number of halogens is 1. The quantitative estimate of drug-likeness (QED) is 0.891. The molecule has 4 nitrogen and oxygen atoms in total. The molecule has 0 aliphatic carbocycles. The van der Waals surface area contributed by atoms with Gasteiger partial charge >= 0.3 is 0 Å². The molecule has 0 atom stereocenters. The van der Waals surface area contributed by atoms with Gasteiger partial charge in [0.05, 0.1) is 4.90 Å². The Labute approximate surface area is 126 Å². The lowest BCUT2D eigenvalue weighted by Crippen LogP contribution is -2.13. The van der Waals surface area contributed by atoms with Crippen LogP contribution in [0.1, 0.15) is 5.56 Å². The third-order valence-electron chi connectivity index (χ3n) is 3.19. The second-order valence-corrected chi connectivity index (χ2v) is 7.21. The first-order valence-electron chi connectivity index (χ1n) is 6.20. The zero-order valence-corrected chi connectivity index (χ0v) is 13.0. The van der Waals surface area contributed by atoms with E-state index in [-0.39, 0.29) is 0 Å². The highest BCUT2D eigenvalue weighted by Crippen LogP contribution is 2.26. The fourth-order valence-electron chi connectivity index (χ4n) is 2.18. The summed E-state index contributed by atoms with van der Waals surface area (Å²) in [6.45, 7) is 0.860. The molecule has 0 saturated carbocycles. The third-order valence-corrected chi connectivity index (χ3v) is 5.10. The van der Waals surface area contributed by atoms with Crippen LogP contribution in [0.25, 0.3) is 0 Å². The Balaban J connectivity index is 1.90. The third kappa shape index (κ3) is 2.66. The van der Waals surface area contributed by atoms with Crippen molar-refractivity contribution in [2.24, 2.45) is 0 Å². The number of nitrogens with one attached hydrogen (secondary N) is 2. The van der Waals surface area contributed by atoms with Gasteiger partial charge in [-0.3, -0.25) is 4.72 Å². The standard InChI is InChI=1S/C14H13BrN2O2S/c15-11-1-3-12(4-2-11)17-20(18,19)13-5-6-14-10(9-13)7-8-16-14/h1-6,9,16-17H,7-8H2. The van der Waals surface area contributed by atoms with Crippen molar-refractivity contribution in [3.8, 4) is 0 Å². The van der Waals surface area contributed by atoms with E-state index in [1.807, 2.05) is 6.07 Å². The maximum absolute atomic E-state index is 12.3. The predicted octanol–water partition coefficient (Wildman–Crippen LogP) is 3.22. The first kappa shape index (κ1) is 13.5. The second-order valence-electron chi connectivity index (χ2n) is 4.61. The summed E-state index contributed by atoms with van der Waals surface area (Å²) in [6, 6.07) is 12.2. The number of hydrogen-bond acceptors (Lipinski definition) is 3. The van der Waals surface area contributed by atoms with Gasteiger partial charge in [0, 0.05) is 22.4 Å². The molecule has 0 radical (unpaired) electrons. The molecule has 1 aliphatic heterocycles. The molecule has 0 saturated heterocycles. The van der Waals surface area contributed by atoms with Crippen LogP contribution in [0, 0.1) is 0 Å². The molecule has 3 rings (SSSR count). The van der Waals surface area contributed by atoms with Gasteiger partial charge in [0.1, 0.15) is 0 Å². The Hall–Kier alpha value is -1.53. The Morgan fingerprint density at radius 1 is 1.10 bits per heavy atom. The van der Waals surface area contributed by atoms with Gasteiger partial charge in [0.2, 0.25) is 0 Å². The lowest BCUT2D eigenvalue weighted by molar-refractivity contribution is 0.601. The van der Waals surface area contributed by atoms with Crippen LogP contribution in [0.15, 0.2) is 51.8 Å². The van der Waals surface area contributed by atoms with Crippen LogP contribution < -0.4 is 10.0 Å². The summed E-state index contributed by atoms with van der Waals surface area (Å²) >= 11 is 3.32. The number of rotatable bonds is 3. The molecule has 1 aliphatic rings. The molecular formula is C14H13BrN2O2S. The van der Waals surface area contributed by atoms with Gasteiger partial charge in [-0.2, -0.15) is 0 Å². The highest BCUT2D eigenvalue weighted by atomic mass is 79.9. The smallest absolute Gasteiger partial charge is 0.261 e. The molecule has 2 aromatic rings. The second kappa shape index (κ2) is 5.10. The van der Waals surface area contributed by atoms with E-state index >= 15 is 0 Å². The van der Waals surface area contributed by atoms with Gasteiger partial charge in [-0.25, -0.2) is 8.42 Å². The molecule has 2 N–H and O–H groups in total. The van der Waals surface area contributed by atoms with Crippen LogP contribution in [-0.4, -0.2) is 15.0 Å². The fraction of sp³-hybridized carbons (Fsp3) is 0.143. The van der Waals surface area contributed by atoms with Crippen LogP contribution in [0.4, 0.5) is 11.4 Å². The molecule has 20 heavy (non-hydrogen) atoms. The average molecular weight is 353 g/mol. The first-order chi connectivity index (χ1) is 9.54. The Morgan fingerprint density at radius 2 is 1.85 bits per heavy atom. The Kier molecular flexibility index (Phi) is 3.43. The summed E-state index contributed by atoms with van der Waals surface area (Å²) in [5.74, 6) is 0. The average Bonchev–Trinajstić information content (AvgIpc) is 2.88. The van der Waals surface area contributed by atoms with E-state index in [9.17, 15) is 8.42 Å². The van der Waals surface area contributed by atoms with Gasteiger partial charge in [0.15, 0.2) is 0 Å². The maximum atomic E-state index is 12.3. The molecule has 104 valence electrons. The van der Waals surface area contributed by atoms with Crippen LogP contribution in [0.3, 0.4) is 0 Å². The van der Waals surface area contributed by atoms with E-state index in [4.69, 9.17) is 0 Å². The van der Waals surface area contributed by atoms with E-state index in [1.165, 1.54) is 0 Å². The van der Waals surface area contributed by atoms with Gasteiger partial charge in [-0.05, 0) is 54.4 Å². The Morgan fingerprint density at radius 3 is 2.60 bits per heavy atom. The topological polar surface area (TPSA) is 58.2 Å². The summed E-state index contributed by atoms with van der Waals surface area (Å²) in [6.07, 6.45) is 0.858. The predicted molar refractivity (Wildman–Crippen MR) is 83.6 cm³/mol. The highest BCUT2D eigenvalue weighted by molar-refractivity contribution is 9.10. The van der Waals surface area contributed by atoms with Crippen molar-refractivity contribution in [2.45, 2.75) is 11.3 Å². The number of benzene rings is 2. The molecule has 0 fully saturated rings. The van der Waals surface area contributed by atoms with Gasteiger partial charge < -0.3 is 5.32 Å². The van der Waals surface area contributed by atoms with Crippen molar-refractivity contribution in [2.75, 3.05) is 16.6 Å². The summed E-state index contributed by atoms with van der Waals surface area (Å²) in [5, 5.41) is 3.21. The summed E-state index contributed by atoms with van der Waals surface area (Å²) in [4.78, 5) is 0.294. The van der Waals surface area contributed by atoms with Crippen molar-refractivity contribution in [1.82, 2.24) is 0 Å². The SMILES string of the molecule is O=S(=O)(Nc1ccc(Br)cc1)c1ccc2c(c1)CCN2. The minimum absolute atomic E-state index is 0.294. The minimum atomic E-state index is -3.54. The van der Waals surface area contributed by atoms with Crippen molar-refractivity contribution in [3.63, 3.8) is 0 Å². The molecule has 1 heterocycles. The van der Waals surface area contributed by atoms with Crippen LogP contribution in [0.5, 0.6) is 0 Å². The highest BCUT2D eigenvalue weighted by Gasteiger charge is 2.18. The number of anilines is 2. The molecule has 0 bridgehead atoms. The summed E-state index contributed by atoms with van der Waals surface area (Å²) in [5.41, 5.74) is 2.61. The number of hydrogen-bond donors (Lipinski definition) is 2. The maximum Gasteiger partial charge on any atom is 0.261 e. The fourth-order valence-corrected chi connectivity index (χ4v) is 3.55. The van der Waals surface area contributed by atoms with Crippen molar-refractivity contribution in [1.29, 1.82) is 0 Å². The van der Waals surface area contributed by atoms with Crippen molar-refractivity contribution >= 4 is 37.3 Å². The molecule has 0 aromatic heterocycles. The van der Waals surface area contributed by atoms with Crippen LogP contribution in [0.2, 0.25) is 0 Å². The van der Waals surface area contributed by atoms with Gasteiger partial charge in [0.25, 0.3) is 10.0 Å². The normalized spacial score (nSPS) is 13.7. The first-order valence-corrected chi connectivity index (χ1v) is 8.47. The van der Waals surface area contributed by atoms with E-state index in [0.717, 1.165) is 28.7 Å². The lowest BCUT2D eigenvalue weighted by Gasteiger charge is -2.09.